The molecule has 1 aromatic carbocycles. The smallest absolute Gasteiger partial charge is 0.310 e. The van der Waals surface area contributed by atoms with Crippen LogP contribution in [0.2, 0.25) is 0 Å². The van der Waals surface area contributed by atoms with Crippen molar-refractivity contribution >= 4 is 11.6 Å². The quantitative estimate of drug-likeness (QED) is 0.451. The van der Waals surface area contributed by atoms with Crippen LogP contribution < -0.4 is 10.1 Å². The number of hydrogen-bond donors (Lipinski definition) is 2. The molecule has 0 spiro atoms. The molecule has 1 atom stereocenters. The summed E-state index contributed by atoms with van der Waals surface area (Å²) < 4.78 is 5.27. The summed E-state index contributed by atoms with van der Waals surface area (Å²) >= 11 is 0. The molecule has 1 unspecified atom stereocenters. The lowest BCUT2D eigenvalue weighted by Gasteiger charge is -2.14. The van der Waals surface area contributed by atoms with Gasteiger partial charge in [-0.2, -0.15) is 0 Å². The van der Waals surface area contributed by atoms with Crippen molar-refractivity contribution in [1.29, 1.82) is 0 Å². The highest BCUT2D eigenvalue weighted by Crippen LogP contribution is 2.28. The molecular formula is C13H14N2O5. The fourth-order valence-electron chi connectivity index (χ4n) is 1.43. The summed E-state index contributed by atoms with van der Waals surface area (Å²) in [6.45, 7) is 1.21. The minimum Gasteiger partial charge on any atom is -0.474 e. The zero-order valence-electron chi connectivity index (χ0n) is 10.8. The number of nitro groups is 1. The van der Waals surface area contributed by atoms with Crippen molar-refractivity contribution in [3.63, 3.8) is 0 Å². The van der Waals surface area contributed by atoms with Crippen LogP contribution in [0.25, 0.3) is 0 Å². The van der Waals surface area contributed by atoms with Crippen molar-refractivity contribution in [2.45, 2.75) is 19.6 Å². The zero-order valence-corrected chi connectivity index (χ0v) is 10.8. The molecule has 1 aromatic rings. The molecule has 7 heteroatoms. The summed E-state index contributed by atoms with van der Waals surface area (Å²) in [5.41, 5.74) is 0.167. The Kier molecular flexibility index (Phi) is 5.50. The van der Waals surface area contributed by atoms with Crippen LogP contribution in [0.3, 0.4) is 0 Å². The van der Waals surface area contributed by atoms with E-state index in [-0.39, 0.29) is 24.6 Å². The minimum atomic E-state index is -0.948. The zero-order chi connectivity index (χ0) is 15.1. The van der Waals surface area contributed by atoms with E-state index < -0.39 is 16.9 Å². The Balaban J connectivity index is 2.92. The lowest BCUT2D eigenvalue weighted by molar-refractivity contribution is -0.386. The molecule has 0 heterocycles. The maximum Gasteiger partial charge on any atom is 0.310 e. The molecule has 0 aliphatic heterocycles. The number of benzene rings is 1. The molecule has 0 saturated heterocycles. The maximum absolute atomic E-state index is 11.6. The van der Waals surface area contributed by atoms with Gasteiger partial charge < -0.3 is 15.2 Å². The second-order valence-electron chi connectivity index (χ2n) is 3.90. The number of ether oxygens (including phenoxy) is 1. The average molecular weight is 278 g/mol. The molecule has 0 aliphatic rings. The van der Waals surface area contributed by atoms with E-state index >= 15 is 0 Å². The third-order valence-corrected chi connectivity index (χ3v) is 2.44. The molecule has 0 aromatic heterocycles. The first-order valence-corrected chi connectivity index (χ1v) is 5.75. The lowest BCUT2D eigenvalue weighted by atomic mass is 10.2. The van der Waals surface area contributed by atoms with Crippen molar-refractivity contribution in [2.75, 3.05) is 6.54 Å². The molecule has 1 amide bonds. The van der Waals surface area contributed by atoms with Gasteiger partial charge in [-0.25, -0.2) is 0 Å². The second-order valence-corrected chi connectivity index (χ2v) is 3.90. The summed E-state index contributed by atoms with van der Waals surface area (Å²) in [6.07, 6.45) is 4.06. The first kappa shape index (κ1) is 15.5. The van der Waals surface area contributed by atoms with Gasteiger partial charge in [-0.05, 0) is 24.6 Å². The Morgan fingerprint density at radius 3 is 2.90 bits per heavy atom. The Labute approximate surface area is 115 Å². The Morgan fingerprint density at radius 1 is 1.65 bits per heavy atom. The fourth-order valence-corrected chi connectivity index (χ4v) is 1.43. The minimum absolute atomic E-state index is 0.0469. The molecule has 20 heavy (non-hydrogen) atoms. The third-order valence-electron chi connectivity index (χ3n) is 2.44. The van der Waals surface area contributed by atoms with E-state index in [9.17, 15) is 14.9 Å². The maximum atomic E-state index is 11.6. The van der Waals surface area contributed by atoms with E-state index in [0.29, 0.717) is 5.56 Å². The molecule has 106 valence electrons. The molecule has 1 rings (SSSR count). The third kappa shape index (κ3) is 3.96. The number of nitrogens with one attached hydrogen (secondary N) is 1. The number of amides is 1. The fraction of sp³-hybridized carbons (Fsp3) is 0.308. The highest BCUT2D eigenvalue weighted by molar-refractivity contribution is 5.81. The van der Waals surface area contributed by atoms with Crippen LogP contribution in [0, 0.1) is 22.5 Å². The van der Waals surface area contributed by atoms with Crippen molar-refractivity contribution in [1.82, 2.24) is 5.32 Å². The summed E-state index contributed by atoms with van der Waals surface area (Å²) in [6, 6.07) is 3.95. The van der Waals surface area contributed by atoms with Crippen molar-refractivity contribution in [2.24, 2.45) is 0 Å². The molecule has 0 radical (unpaired) electrons. The van der Waals surface area contributed by atoms with E-state index in [2.05, 4.69) is 11.2 Å². The van der Waals surface area contributed by atoms with Crippen LogP contribution in [0.1, 0.15) is 12.5 Å². The summed E-state index contributed by atoms with van der Waals surface area (Å²) in [7, 11) is 0. The number of nitro benzene ring substituents is 1. The van der Waals surface area contributed by atoms with Crippen LogP contribution >= 0.6 is 0 Å². The van der Waals surface area contributed by atoms with Gasteiger partial charge in [0.2, 0.25) is 0 Å². The normalized spacial score (nSPS) is 11.2. The van der Waals surface area contributed by atoms with E-state index in [4.69, 9.17) is 16.3 Å². The van der Waals surface area contributed by atoms with Gasteiger partial charge in [-0.15, -0.1) is 6.42 Å². The predicted molar refractivity (Wildman–Crippen MR) is 71.0 cm³/mol. The Hall–Kier alpha value is -2.59. The second kappa shape index (κ2) is 7.11. The van der Waals surface area contributed by atoms with Gasteiger partial charge in [-0.1, -0.05) is 5.92 Å². The number of nitrogens with zero attached hydrogens (tertiary/aromatic N) is 1. The highest BCUT2D eigenvalue weighted by atomic mass is 16.6. The van der Waals surface area contributed by atoms with Crippen LogP contribution in [-0.2, 0) is 11.4 Å². The number of rotatable bonds is 6. The molecule has 7 nitrogen and oxygen atoms in total. The molecule has 0 aliphatic carbocycles. The van der Waals surface area contributed by atoms with Gasteiger partial charge >= 0.3 is 5.69 Å². The van der Waals surface area contributed by atoms with Gasteiger partial charge in [0, 0.05) is 6.07 Å². The van der Waals surface area contributed by atoms with Crippen LogP contribution in [0.4, 0.5) is 5.69 Å². The standard InChI is InChI=1S/C13H14N2O5/c1-3-6-14-13(17)9(2)20-12-7-10(8-16)4-5-11(12)15(18)19/h1,4-5,7,9,16H,6,8H2,2H3,(H,14,17). The number of carbonyl (C=O) groups excluding carboxylic acids is 1. The Morgan fingerprint density at radius 2 is 2.35 bits per heavy atom. The van der Waals surface area contributed by atoms with Crippen LogP contribution in [0.15, 0.2) is 18.2 Å². The van der Waals surface area contributed by atoms with Gasteiger partial charge in [0.1, 0.15) is 0 Å². The monoisotopic (exact) mass is 278 g/mol. The summed E-state index contributed by atoms with van der Waals surface area (Å²) in [4.78, 5) is 21.8. The van der Waals surface area contributed by atoms with Gasteiger partial charge in [0.15, 0.2) is 11.9 Å². The Bertz CT molecular complexity index is 550. The van der Waals surface area contributed by atoms with E-state index in [0.717, 1.165) is 0 Å². The topological polar surface area (TPSA) is 102 Å². The summed E-state index contributed by atoms with van der Waals surface area (Å²) in [5, 5.41) is 22.3. The predicted octanol–water partition coefficient (Wildman–Crippen LogP) is 0.604. The highest BCUT2D eigenvalue weighted by Gasteiger charge is 2.21. The number of aliphatic hydroxyl groups excluding tert-OH is 1. The van der Waals surface area contributed by atoms with Crippen molar-refractivity contribution in [3.8, 4) is 18.1 Å². The summed E-state index contributed by atoms with van der Waals surface area (Å²) in [5.74, 6) is 1.68. The molecule has 0 saturated carbocycles. The number of carbonyl (C=O) groups is 1. The van der Waals surface area contributed by atoms with Crippen LogP contribution in [0.5, 0.6) is 5.75 Å². The van der Waals surface area contributed by atoms with E-state index in [1.807, 2.05) is 0 Å². The SMILES string of the molecule is C#CCNC(=O)C(C)Oc1cc(CO)ccc1[N+](=O)[O-]. The van der Waals surface area contributed by atoms with E-state index in [1.54, 1.807) is 0 Å². The molecular weight excluding hydrogens is 264 g/mol. The van der Waals surface area contributed by atoms with Crippen molar-refractivity contribution in [3.05, 3.63) is 33.9 Å². The molecule has 0 bridgehead atoms. The lowest BCUT2D eigenvalue weighted by Crippen LogP contribution is -2.36. The number of terminal acetylenes is 1. The average Bonchev–Trinajstić information content (AvgIpc) is 2.44. The van der Waals surface area contributed by atoms with E-state index in [1.165, 1.54) is 25.1 Å². The van der Waals surface area contributed by atoms with Gasteiger partial charge in [-0.3, -0.25) is 14.9 Å². The van der Waals surface area contributed by atoms with Crippen LogP contribution in [-0.4, -0.2) is 28.6 Å². The largest absolute Gasteiger partial charge is 0.474 e. The van der Waals surface area contributed by atoms with Gasteiger partial charge in [0.05, 0.1) is 18.1 Å². The first-order valence-electron chi connectivity index (χ1n) is 5.75. The van der Waals surface area contributed by atoms with Gasteiger partial charge in [0.25, 0.3) is 5.91 Å². The van der Waals surface area contributed by atoms with Crippen molar-refractivity contribution < 1.29 is 19.6 Å². The molecule has 0 fully saturated rings. The first-order chi connectivity index (χ1) is 9.49. The number of aliphatic hydroxyl groups is 1. The number of hydrogen-bond acceptors (Lipinski definition) is 5. The molecule has 2 N–H and O–H groups in total.